The Labute approximate surface area is 87.7 Å². The summed E-state index contributed by atoms with van der Waals surface area (Å²) in [6.45, 7) is 1.66. The second kappa shape index (κ2) is 4.09. The summed E-state index contributed by atoms with van der Waals surface area (Å²) in [6, 6.07) is 9.61. The molecule has 0 radical (unpaired) electrons. The molecule has 15 heavy (non-hydrogen) atoms. The molecule has 0 aliphatic heterocycles. The minimum atomic E-state index is -0.253. The van der Waals surface area contributed by atoms with Gasteiger partial charge in [0.05, 0.1) is 11.9 Å². The van der Waals surface area contributed by atoms with Gasteiger partial charge in [-0.3, -0.25) is 0 Å². The van der Waals surface area contributed by atoms with E-state index in [9.17, 15) is 4.39 Å². The van der Waals surface area contributed by atoms with E-state index in [4.69, 9.17) is 0 Å². The molecule has 0 fully saturated rings. The summed E-state index contributed by atoms with van der Waals surface area (Å²) >= 11 is 0. The number of aromatic nitrogens is 2. The molecule has 0 atom stereocenters. The summed E-state index contributed by atoms with van der Waals surface area (Å²) in [5, 5.41) is 4.09. The van der Waals surface area contributed by atoms with Gasteiger partial charge in [-0.15, -0.1) is 0 Å². The summed E-state index contributed by atoms with van der Waals surface area (Å²) < 4.78 is 14.9. The maximum atomic E-state index is 13.2. The summed E-state index contributed by atoms with van der Waals surface area (Å²) in [5.41, 5.74) is 1.43. The first-order chi connectivity index (χ1) is 7.31. The lowest BCUT2D eigenvalue weighted by atomic mass is 10.3. The summed E-state index contributed by atoms with van der Waals surface area (Å²) in [6.07, 6.45) is 4.61. The number of halogens is 1. The van der Waals surface area contributed by atoms with Crippen molar-refractivity contribution in [2.75, 3.05) is 0 Å². The average Bonchev–Trinajstić information content (AvgIpc) is 2.78. The van der Waals surface area contributed by atoms with Crippen molar-refractivity contribution in [1.82, 2.24) is 9.78 Å². The van der Waals surface area contributed by atoms with E-state index in [2.05, 4.69) is 5.10 Å². The highest BCUT2D eigenvalue weighted by molar-refractivity contribution is 5.57. The minimum absolute atomic E-state index is 0.253. The number of hydrogen-bond donors (Lipinski definition) is 0. The van der Waals surface area contributed by atoms with Crippen molar-refractivity contribution < 1.29 is 4.39 Å². The molecule has 0 bridgehead atoms. The lowest BCUT2D eigenvalue weighted by Gasteiger charge is -1.98. The first-order valence-electron chi connectivity index (χ1n) is 4.73. The van der Waals surface area contributed by atoms with Crippen LogP contribution in [-0.2, 0) is 0 Å². The molecule has 2 nitrogen and oxygen atoms in total. The van der Waals surface area contributed by atoms with Gasteiger partial charge in [0.1, 0.15) is 5.83 Å². The van der Waals surface area contributed by atoms with Crippen molar-refractivity contribution >= 4 is 5.83 Å². The zero-order chi connectivity index (χ0) is 10.7. The van der Waals surface area contributed by atoms with Gasteiger partial charge >= 0.3 is 0 Å². The van der Waals surface area contributed by atoms with E-state index < -0.39 is 0 Å². The Balaban J connectivity index is 2.36. The number of hydrogen-bond acceptors (Lipinski definition) is 1. The summed E-state index contributed by atoms with van der Waals surface area (Å²) in [4.78, 5) is 0. The van der Waals surface area contributed by atoms with E-state index in [1.54, 1.807) is 17.8 Å². The Morgan fingerprint density at radius 3 is 2.73 bits per heavy atom. The van der Waals surface area contributed by atoms with Crippen LogP contribution in [0.25, 0.3) is 11.5 Å². The fourth-order valence-electron chi connectivity index (χ4n) is 1.33. The average molecular weight is 202 g/mol. The Bertz CT molecular complexity index is 471. The number of para-hydroxylation sites is 1. The first kappa shape index (κ1) is 9.65. The van der Waals surface area contributed by atoms with Crippen LogP contribution in [0.1, 0.15) is 12.5 Å². The van der Waals surface area contributed by atoms with Crippen LogP contribution in [0, 0.1) is 0 Å². The van der Waals surface area contributed by atoms with Gasteiger partial charge < -0.3 is 0 Å². The second-order valence-electron chi connectivity index (χ2n) is 3.15. The van der Waals surface area contributed by atoms with Gasteiger partial charge in [-0.2, -0.15) is 5.10 Å². The van der Waals surface area contributed by atoms with Crippen molar-refractivity contribution in [3.05, 3.63) is 54.4 Å². The SMILES string of the molecule is C/C=C(/F)c1cnn(-c2ccccc2)c1. The normalized spacial score (nSPS) is 11.7. The Hall–Kier alpha value is -1.90. The van der Waals surface area contributed by atoms with Crippen LogP contribution in [0.3, 0.4) is 0 Å². The van der Waals surface area contributed by atoms with E-state index >= 15 is 0 Å². The predicted octanol–water partition coefficient (Wildman–Crippen LogP) is 3.20. The second-order valence-corrected chi connectivity index (χ2v) is 3.15. The van der Waals surface area contributed by atoms with Crippen molar-refractivity contribution in [3.8, 4) is 5.69 Å². The minimum Gasteiger partial charge on any atom is -0.240 e. The zero-order valence-electron chi connectivity index (χ0n) is 8.39. The van der Waals surface area contributed by atoms with Crippen molar-refractivity contribution in [2.24, 2.45) is 0 Å². The van der Waals surface area contributed by atoms with Gasteiger partial charge in [-0.25, -0.2) is 9.07 Å². The van der Waals surface area contributed by atoms with Crippen molar-refractivity contribution in [1.29, 1.82) is 0 Å². The van der Waals surface area contributed by atoms with Crippen LogP contribution in [0.2, 0.25) is 0 Å². The van der Waals surface area contributed by atoms with Gasteiger partial charge in [-0.05, 0) is 19.1 Å². The fourth-order valence-corrected chi connectivity index (χ4v) is 1.33. The Morgan fingerprint density at radius 2 is 2.07 bits per heavy atom. The molecule has 3 heteroatoms. The van der Waals surface area contributed by atoms with Crippen LogP contribution in [0.4, 0.5) is 4.39 Å². The molecule has 2 aromatic rings. The molecule has 1 heterocycles. The van der Waals surface area contributed by atoms with Crippen LogP contribution >= 0.6 is 0 Å². The molecule has 0 spiro atoms. The van der Waals surface area contributed by atoms with E-state index in [-0.39, 0.29) is 5.83 Å². The summed E-state index contributed by atoms with van der Waals surface area (Å²) in [5.74, 6) is -0.253. The molecule has 1 aromatic heterocycles. The molecule has 0 N–H and O–H groups in total. The van der Waals surface area contributed by atoms with Gasteiger partial charge in [0.25, 0.3) is 0 Å². The predicted molar refractivity (Wildman–Crippen MR) is 58.3 cm³/mol. The van der Waals surface area contributed by atoms with Gasteiger partial charge in [0.15, 0.2) is 0 Å². The molecule has 0 amide bonds. The number of rotatable bonds is 2. The van der Waals surface area contributed by atoms with Crippen LogP contribution in [0.5, 0.6) is 0 Å². The van der Waals surface area contributed by atoms with Gasteiger partial charge in [-0.1, -0.05) is 24.3 Å². The third-order valence-electron chi connectivity index (χ3n) is 2.13. The quantitative estimate of drug-likeness (QED) is 0.731. The van der Waals surface area contributed by atoms with Gasteiger partial charge in [0, 0.05) is 11.8 Å². The van der Waals surface area contributed by atoms with E-state index in [1.807, 2.05) is 30.3 Å². The van der Waals surface area contributed by atoms with E-state index in [0.717, 1.165) is 5.69 Å². The smallest absolute Gasteiger partial charge is 0.129 e. The fraction of sp³-hybridized carbons (Fsp3) is 0.0833. The lowest BCUT2D eigenvalue weighted by Crippen LogP contribution is -1.92. The first-order valence-corrected chi connectivity index (χ1v) is 4.73. The maximum absolute atomic E-state index is 13.2. The maximum Gasteiger partial charge on any atom is 0.129 e. The largest absolute Gasteiger partial charge is 0.240 e. The topological polar surface area (TPSA) is 17.8 Å². The van der Waals surface area contributed by atoms with E-state index in [0.29, 0.717) is 5.56 Å². The molecule has 0 saturated carbocycles. The van der Waals surface area contributed by atoms with Crippen molar-refractivity contribution in [2.45, 2.75) is 6.92 Å². The van der Waals surface area contributed by atoms with E-state index in [1.165, 1.54) is 12.3 Å². The number of nitrogens with zero attached hydrogens (tertiary/aromatic N) is 2. The van der Waals surface area contributed by atoms with Gasteiger partial charge in [0.2, 0.25) is 0 Å². The molecular weight excluding hydrogens is 191 g/mol. The molecule has 1 aromatic carbocycles. The highest BCUT2D eigenvalue weighted by Gasteiger charge is 2.03. The molecule has 2 rings (SSSR count). The summed E-state index contributed by atoms with van der Waals surface area (Å²) in [7, 11) is 0. The highest BCUT2D eigenvalue weighted by Crippen LogP contribution is 2.16. The molecular formula is C12H11FN2. The molecule has 0 aliphatic carbocycles. The van der Waals surface area contributed by atoms with Crippen molar-refractivity contribution in [3.63, 3.8) is 0 Å². The standard InChI is InChI=1S/C12H11FN2/c1-2-12(13)10-8-14-15(9-10)11-6-4-3-5-7-11/h2-9H,1H3/b12-2+. The van der Waals surface area contributed by atoms with Crippen LogP contribution in [-0.4, -0.2) is 9.78 Å². The molecule has 0 unspecified atom stereocenters. The molecule has 0 saturated heterocycles. The zero-order valence-corrected chi connectivity index (χ0v) is 8.39. The van der Waals surface area contributed by atoms with Crippen LogP contribution in [0.15, 0.2) is 48.8 Å². The third-order valence-corrected chi connectivity index (χ3v) is 2.13. The Morgan fingerprint density at radius 1 is 1.33 bits per heavy atom. The Kier molecular flexibility index (Phi) is 2.63. The lowest BCUT2D eigenvalue weighted by molar-refractivity contribution is 0.758. The van der Waals surface area contributed by atoms with Crippen LogP contribution < -0.4 is 0 Å². The third kappa shape index (κ3) is 1.96. The number of benzene rings is 1. The monoisotopic (exact) mass is 202 g/mol. The number of allylic oxidation sites excluding steroid dienone is 1. The molecule has 76 valence electrons. The molecule has 0 aliphatic rings. The highest BCUT2D eigenvalue weighted by atomic mass is 19.1.